The SMILES string of the molecule is C[C@]12CCC3(S1)C(C(=O)NC1CCCCC1)N(CCO)C(=O)[C@@H]3[C@H]2C(=O)Nc1ccccc1. The molecule has 5 rings (SSSR count). The van der Waals surface area contributed by atoms with Crippen LogP contribution in [0.2, 0.25) is 0 Å². The van der Waals surface area contributed by atoms with Crippen molar-refractivity contribution < 1.29 is 19.5 Å². The minimum Gasteiger partial charge on any atom is -0.395 e. The van der Waals surface area contributed by atoms with E-state index in [4.69, 9.17) is 0 Å². The molecule has 7 nitrogen and oxygen atoms in total. The number of nitrogens with zero attached hydrogens (tertiary/aromatic N) is 1. The van der Waals surface area contributed by atoms with Crippen molar-refractivity contribution in [1.82, 2.24) is 10.2 Å². The van der Waals surface area contributed by atoms with Crippen LogP contribution in [0.4, 0.5) is 5.69 Å². The molecule has 4 fully saturated rings. The molecule has 3 N–H and O–H groups in total. The van der Waals surface area contributed by atoms with E-state index < -0.39 is 27.4 Å². The summed E-state index contributed by atoms with van der Waals surface area (Å²) in [5, 5.41) is 15.9. The Bertz CT molecular complexity index is 937. The molecule has 1 saturated carbocycles. The maximum absolute atomic E-state index is 13.7. The van der Waals surface area contributed by atoms with E-state index in [0.29, 0.717) is 5.69 Å². The number of hydrogen-bond acceptors (Lipinski definition) is 5. The van der Waals surface area contributed by atoms with Gasteiger partial charge in [0.15, 0.2) is 0 Å². The van der Waals surface area contributed by atoms with Crippen molar-refractivity contribution >= 4 is 35.2 Å². The lowest BCUT2D eigenvalue weighted by molar-refractivity contribution is -0.140. The zero-order valence-corrected chi connectivity index (χ0v) is 19.9. The molecule has 3 saturated heterocycles. The van der Waals surface area contributed by atoms with Crippen molar-refractivity contribution in [2.45, 2.75) is 73.4 Å². The van der Waals surface area contributed by atoms with Gasteiger partial charge in [-0.2, -0.15) is 0 Å². The van der Waals surface area contributed by atoms with Crippen molar-refractivity contribution in [2.75, 3.05) is 18.5 Å². The number of carbonyl (C=O) groups excluding carboxylic acids is 3. The number of benzene rings is 1. The molecule has 8 heteroatoms. The molecule has 3 heterocycles. The quantitative estimate of drug-likeness (QED) is 0.592. The Labute approximate surface area is 199 Å². The van der Waals surface area contributed by atoms with Crippen LogP contribution < -0.4 is 10.6 Å². The Kier molecular flexibility index (Phi) is 5.93. The van der Waals surface area contributed by atoms with Crippen LogP contribution >= 0.6 is 11.8 Å². The number of carbonyl (C=O) groups is 3. The average Bonchev–Trinajstić information content (AvgIpc) is 3.36. The van der Waals surface area contributed by atoms with Crippen LogP contribution in [0.25, 0.3) is 0 Å². The van der Waals surface area contributed by atoms with Gasteiger partial charge in [0.05, 0.1) is 23.2 Å². The second-order valence-electron chi connectivity index (χ2n) is 10.2. The summed E-state index contributed by atoms with van der Waals surface area (Å²) < 4.78 is -1.02. The highest BCUT2D eigenvalue weighted by molar-refractivity contribution is 8.02. The summed E-state index contributed by atoms with van der Waals surface area (Å²) in [6.07, 6.45) is 6.86. The van der Waals surface area contributed by atoms with E-state index in [9.17, 15) is 19.5 Å². The average molecular weight is 472 g/mol. The molecule has 33 heavy (non-hydrogen) atoms. The minimum atomic E-state index is -0.648. The maximum atomic E-state index is 13.7. The van der Waals surface area contributed by atoms with Crippen molar-refractivity contribution in [3.8, 4) is 0 Å². The smallest absolute Gasteiger partial charge is 0.244 e. The standard InChI is InChI=1S/C25H33N3O4S/c1-24-12-13-25(33-24)19(18(24)21(30)26-16-8-4-2-5-9-16)23(32)28(14-15-29)20(25)22(31)27-17-10-6-3-7-11-17/h2,4-5,8-9,17-20,29H,3,6-7,10-15H2,1H3,(H,26,30)(H,27,31)/t18-,19-,20?,24+,25?/m0/s1. The number of aliphatic hydroxyl groups is 1. The van der Waals surface area contributed by atoms with Crippen molar-refractivity contribution in [3.63, 3.8) is 0 Å². The Morgan fingerprint density at radius 1 is 1.12 bits per heavy atom. The minimum absolute atomic E-state index is 0.115. The van der Waals surface area contributed by atoms with Crippen molar-refractivity contribution in [1.29, 1.82) is 0 Å². The highest BCUT2D eigenvalue weighted by atomic mass is 32.2. The second-order valence-corrected chi connectivity index (χ2v) is 12.1. The fourth-order valence-electron chi connectivity index (χ4n) is 6.74. The van der Waals surface area contributed by atoms with Crippen LogP contribution in [0.3, 0.4) is 0 Å². The number of β-amino-alcohol motifs (C(OH)–C–C–N with tert-alkyl or cyclic N) is 1. The molecule has 1 aromatic rings. The molecule has 1 spiro atoms. The molecule has 5 atom stereocenters. The molecule has 178 valence electrons. The molecular formula is C25H33N3O4S. The van der Waals surface area contributed by atoms with E-state index in [1.807, 2.05) is 30.3 Å². The molecule has 2 unspecified atom stereocenters. The topological polar surface area (TPSA) is 98.7 Å². The van der Waals surface area contributed by atoms with Crippen LogP contribution in [0, 0.1) is 11.8 Å². The van der Waals surface area contributed by atoms with Gasteiger partial charge in [-0.25, -0.2) is 0 Å². The van der Waals surface area contributed by atoms with Gasteiger partial charge in [-0.3, -0.25) is 14.4 Å². The summed E-state index contributed by atoms with van der Waals surface area (Å²) in [6, 6.07) is 8.79. The van der Waals surface area contributed by atoms with Gasteiger partial charge in [0, 0.05) is 23.0 Å². The summed E-state index contributed by atoms with van der Waals surface area (Å²) in [5.41, 5.74) is 0.706. The fraction of sp³-hybridized carbons (Fsp3) is 0.640. The predicted octanol–water partition coefficient (Wildman–Crippen LogP) is 2.55. The largest absolute Gasteiger partial charge is 0.395 e. The normalized spacial score (nSPS) is 35.5. The van der Waals surface area contributed by atoms with Gasteiger partial charge >= 0.3 is 0 Å². The summed E-state index contributed by atoms with van der Waals surface area (Å²) in [4.78, 5) is 42.4. The van der Waals surface area contributed by atoms with E-state index in [2.05, 4.69) is 17.6 Å². The molecule has 0 aromatic heterocycles. The highest BCUT2D eigenvalue weighted by Crippen LogP contribution is 2.71. The molecule has 0 radical (unpaired) electrons. The first-order valence-electron chi connectivity index (χ1n) is 12.2. The molecule has 3 aliphatic heterocycles. The van der Waals surface area contributed by atoms with Crippen LogP contribution in [0.5, 0.6) is 0 Å². The molecule has 3 amide bonds. The van der Waals surface area contributed by atoms with Gasteiger partial charge in [-0.1, -0.05) is 37.5 Å². The summed E-state index contributed by atoms with van der Waals surface area (Å²) >= 11 is 1.66. The third kappa shape index (κ3) is 3.66. The number of nitrogens with one attached hydrogen (secondary N) is 2. The predicted molar refractivity (Wildman–Crippen MR) is 128 cm³/mol. The summed E-state index contributed by atoms with van der Waals surface area (Å²) in [7, 11) is 0. The number of anilines is 1. The van der Waals surface area contributed by atoms with Crippen LogP contribution in [0.1, 0.15) is 51.9 Å². The van der Waals surface area contributed by atoms with Crippen LogP contribution in [0.15, 0.2) is 30.3 Å². The third-order valence-corrected chi connectivity index (χ3v) is 10.1. The third-order valence-electron chi connectivity index (χ3n) is 8.14. The lowest BCUT2D eigenvalue weighted by atomic mass is 9.66. The lowest BCUT2D eigenvalue weighted by Crippen LogP contribution is -2.56. The number of thioether (sulfide) groups is 1. The Morgan fingerprint density at radius 3 is 2.55 bits per heavy atom. The lowest BCUT2D eigenvalue weighted by Gasteiger charge is -2.35. The molecule has 4 aliphatic rings. The number of hydrogen-bond donors (Lipinski definition) is 3. The van der Waals surface area contributed by atoms with E-state index in [-0.39, 0.29) is 36.9 Å². The molecular weight excluding hydrogens is 438 g/mol. The summed E-state index contributed by atoms with van der Waals surface area (Å²) in [5.74, 6) is -1.52. The van der Waals surface area contributed by atoms with Crippen LogP contribution in [-0.4, -0.2) is 62.5 Å². The van der Waals surface area contributed by atoms with E-state index in [1.165, 1.54) is 6.42 Å². The maximum Gasteiger partial charge on any atom is 0.244 e. The van der Waals surface area contributed by atoms with Gasteiger partial charge in [0.25, 0.3) is 0 Å². The van der Waals surface area contributed by atoms with Crippen molar-refractivity contribution in [2.24, 2.45) is 11.8 Å². The monoisotopic (exact) mass is 471 g/mol. The molecule has 1 aromatic carbocycles. The fourth-order valence-corrected chi connectivity index (χ4v) is 9.10. The number of likely N-dealkylation sites (tertiary alicyclic amines) is 1. The number of aliphatic hydroxyl groups excluding tert-OH is 1. The Hall–Kier alpha value is -2.06. The number of fused-ring (bicyclic) bond motifs is 1. The molecule has 1 aliphatic carbocycles. The number of amides is 3. The van der Waals surface area contributed by atoms with Gasteiger partial charge < -0.3 is 20.6 Å². The Morgan fingerprint density at radius 2 is 1.85 bits per heavy atom. The van der Waals surface area contributed by atoms with Gasteiger partial charge in [0.2, 0.25) is 17.7 Å². The Balaban J connectivity index is 1.45. The number of para-hydroxylation sites is 1. The van der Waals surface area contributed by atoms with E-state index in [0.717, 1.165) is 38.5 Å². The summed E-state index contributed by atoms with van der Waals surface area (Å²) in [6.45, 7) is 1.98. The van der Waals surface area contributed by atoms with Gasteiger partial charge in [0.1, 0.15) is 6.04 Å². The van der Waals surface area contributed by atoms with Gasteiger partial charge in [-0.15, -0.1) is 11.8 Å². The van der Waals surface area contributed by atoms with Crippen LogP contribution in [-0.2, 0) is 14.4 Å². The molecule has 2 bridgehead atoms. The van der Waals surface area contributed by atoms with Gasteiger partial charge in [-0.05, 0) is 44.7 Å². The highest BCUT2D eigenvalue weighted by Gasteiger charge is 2.77. The first-order chi connectivity index (χ1) is 15.9. The van der Waals surface area contributed by atoms with E-state index in [1.54, 1.807) is 16.7 Å². The zero-order valence-electron chi connectivity index (χ0n) is 19.1. The number of rotatable bonds is 6. The van der Waals surface area contributed by atoms with Crippen molar-refractivity contribution in [3.05, 3.63) is 30.3 Å². The second kappa shape index (κ2) is 8.62. The van der Waals surface area contributed by atoms with E-state index >= 15 is 0 Å². The zero-order chi connectivity index (χ0) is 23.2. The first-order valence-corrected chi connectivity index (χ1v) is 13.0. The first kappa shape index (κ1) is 22.7.